The van der Waals surface area contributed by atoms with E-state index in [2.05, 4.69) is 10.1 Å². The van der Waals surface area contributed by atoms with Crippen LogP contribution in [0.25, 0.3) is 0 Å². The summed E-state index contributed by atoms with van der Waals surface area (Å²) in [6, 6.07) is 4.97. The minimum absolute atomic E-state index is 0.170. The molecule has 1 amide bonds. The summed E-state index contributed by atoms with van der Waals surface area (Å²) in [6.45, 7) is 2.18. The summed E-state index contributed by atoms with van der Waals surface area (Å²) < 4.78 is 71.5. The van der Waals surface area contributed by atoms with Gasteiger partial charge in [0, 0.05) is 31.1 Å². The predicted octanol–water partition coefficient (Wildman–Crippen LogP) is 2.51. The number of likely N-dealkylation sites (tertiary alicyclic amines) is 1. The van der Waals surface area contributed by atoms with Crippen molar-refractivity contribution >= 4 is 11.9 Å². The Morgan fingerprint density at radius 3 is 2.00 bits per heavy atom. The quantitative estimate of drug-likeness (QED) is 0.757. The molecule has 1 aliphatic rings. The van der Waals surface area contributed by atoms with Crippen LogP contribution in [-0.4, -0.2) is 61.1 Å². The first kappa shape index (κ1) is 22.5. The number of benzene rings is 1. The van der Waals surface area contributed by atoms with E-state index in [1.165, 1.54) is 12.1 Å². The third-order valence-corrected chi connectivity index (χ3v) is 3.31. The Kier molecular flexibility index (Phi) is 7.46. The number of hydrogen-bond acceptors (Lipinski definition) is 4. The third kappa shape index (κ3) is 7.72. The Bertz CT molecular complexity index is 639. The van der Waals surface area contributed by atoms with Crippen LogP contribution in [0.2, 0.25) is 0 Å². The molecule has 0 aliphatic carbocycles. The lowest BCUT2D eigenvalue weighted by Gasteiger charge is -2.39. The number of carboxylic acids is 1. The van der Waals surface area contributed by atoms with Gasteiger partial charge in [0.15, 0.2) is 0 Å². The second kappa shape index (κ2) is 8.93. The number of halogens is 6. The highest BCUT2D eigenvalue weighted by atomic mass is 19.4. The number of carbonyl (C=O) groups is 2. The molecule has 1 heterocycles. The van der Waals surface area contributed by atoms with Crippen molar-refractivity contribution in [1.82, 2.24) is 10.2 Å². The van der Waals surface area contributed by atoms with Gasteiger partial charge in [0.2, 0.25) is 0 Å². The molecule has 1 fully saturated rings. The van der Waals surface area contributed by atoms with Gasteiger partial charge < -0.3 is 20.1 Å². The first-order valence-corrected chi connectivity index (χ1v) is 7.43. The summed E-state index contributed by atoms with van der Waals surface area (Å²) in [5.41, 5.74) is 0.363. The molecule has 1 saturated heterocycles. The van der Waals surface area contributed by atoms with Gasteiger partial charge in [0.1, 0.15) is 5.75 Å². The fraction of sp³-hybridized carbons (Fsp3) is 0.467. The van der Waals surface area contributed by atoms with Crippen molar-refractivity contribution in [2.45, 2.75) is 12.5 Å². The summed E-state index contributed by atoms with van der Waals surface area (Å²) in [4.78, 5) is 22.6. The van der Waals surface area contributed by atoms with E-state index in [0.717, 1.165) is 18.7 Å². The number of ether oxygens (including phenoxy) is 1. The van der Waals surface area contributed by atoms with Gasteiger partial charge in [0.25, 0.3) is 5.91 Å². The van der Waals surface area contributed by atoms with Crippen molar-refractivity contribution in [3.05, 3.63) is 29.8 Å². The van der Waals surface area contributed by atoms with E-state index in [1.807, 2.05) is 7.05 Å². The van der Waals surface area contributed by atoms with Gasteiger partial charge in [-0.3, -0.25) is 4.79 Å². The standard InChI is InChI=1S/C13H15F3N2O2.C2HF3O2/c1-17-6-9-7-18(8-9)12(19)10-2-4-11(5-3-10)20-13(14,15)16;3-2(4,5)1(6)7/h2-5,9,17H,6-8H2,1H3;(H,6,7). The van der Waals surface area contributed by atoms with Crippen molar-refractivity contribution < 1.29 is 45.8 Å². The fourth-order valence-corrected chi connectivity index (χ4v) is 2.14. The monoisotopic (exact) mass is 402 g/mol. The van der Waals surface area contributed by atoms with Gasteiger partial charge in [-0.2, -0.15) is 13.2 Å². The van der Waals surface area contributed by atoms with Crippen LogP contribution in [0.1, 0.15) is 10.4 Å². The van der Waals surface area contributed by atoms with E-state index in [0.29, 0.717) is 24.6 Å². The first-order chi connectivity index (χ1) is 12.3. The van der Waals surface area contributed by atoms with Crippen LogP contribution in [0.3, 0.4) is 0 Å². The van der Waals surface area contributed by atoms with Gasteiger partial charge in [0.05, 0.1) is 0 Å². The van der Waals surface area contributed by atoms with E-state index < -0.39 is 18.5 Å². The molecule has 27 heavy (non-hydrogen) atoms. The summed E-state index contributed by atoms with van der Waals surface area (Å²) in [6.07, 6.45) is -9.80. The largest absolute Gasteiger partial charge is 0.573 e. The molecule has 0 atom stereocenters. The molecule has 1 aliphatic heterocycles. The van der Waals surface area contributed by atoms with Crippen molar-refractivity contribution in [1.29, 1.82) is 0 Å². The highest BCUT2D eigenvalue weighted by Gasteiger charge is 2.38. The maximum atomic E-state index is 12.0. The number of carboxylic acid groups (broad SMARTS) is 1. The minimum Gasteiger partial charge on any atom is -0.475 e. The number of nitrogens with zero attached hydrogens (tertiary/aromatic N) is 1. The van der Waals surface area contributed by atoms with E-state index in [1.54, 1.807) is 4.90 Å². The Morgan fingerprint density at radius 1 is 1.15 bits per heavy atom. The van der Waals surface area contributed by atoms with Crippen molar-refractivity contribution in [2.75, 3.05) is 26.7 Å². The lowest BCUT2D eigenvalue weighted by molar-refractivity contribution is -0.274. The van der Waals surface area contributed by atoms with Crippen molar-refractivity contribution in [3.8, 4) is 5.75 Å². The third-order valence-electron chi connectivity index (χ3n) is 3.31. The zero-order chi connectivity index (χ0) is 20.8. The Labute approximate surface area is 149 Å². The van der Waals surface area contributed by atoms with Crippen LogP contribution in [0.15, 0.2) is 24.3 Å². The highest BCUT2D eigenvalue weighted by molar-refractivity contribution is 5.94. The molecular weight excluding hydrogens is 386 g/mol. The van der Waals surface area contributed by atoms with E-state index >= 15 is 0 Å². The number of amides is 1. The number of aliphatic carboxylic acids is 1. The van der Waals surface area contributed by atoms with Crippen LogP contribution < -0.4 is 10.1 Å². The summed E-state index contributed by atoms with van der Waals surface area (Å²) in [5, 5.41) is 10.2. The van der Waals surface area contributed by atoms with Gasteiger partial charge >= 0.3 is 18.5 Å². The Morgan fingerprint density at radius 2 is 1.63 bits per heavy atom. The van der Waals surface area contributed by atoms with E-state index in [-0.39, 0.29) is 11.7 Å². The van der Waals surface area contributed by atoms with Crippen LogP contribution in [0, 0.1) is 5.92 Å². The normalized spacial score (nSPS) is 14.7. The van der Waals surface area contributed by atoms with Crippen LogP contribution in [0.4, 0.5) is 26.3 Å². The number of alkyl halides is 6. The number of carbonyl (C=O) groups excluding carboxylic acids is 1. The topological polar surface area (TPSA) is 78.9 Å². The lowest BCUT2D eigenvalue weighted by Crippen LogP contribution is -2.52. The lowest BCUT2D eigenvalue weighted by atomic mass is 9.99. The zero-order valence-electron chi connectivity index (χ0n) is 13.9. The van der Waals surface area contributed by atoms with Gasteiger partial charge in [-0.25, -0.2) is 4.79 Å². The molecule has 12 heteroatoms. The van der Waals surface area contributed by atoms with Gasteiger partial charge in [-0.05, 0) is 31.3 Å². The SMILES string of the molecule is CNCC1CN(C(=O)c2ccc(OC(F)(F)F)cc2)C1.O=C(O)C(F)(F)F. The van der Waals surface area contributed by atoms with Gasteiger partial charge in [-0.15, -0.1) is 13.2 Å². The molecule has 0 aromatic heterocycles. The molecule has 0 bridgehead atoms. The predicted molar refractivity (Wildman–Crippen MR) is 80.1 cm³/mol. The molecule has 0 unspecified atom stereocenters. The summed E-state index contributed by atoms with van der Waals surface area (Å²) >= 11 is 0. The Balaban J connectivity index is 0.000000445. The average molecular weight is 402 g/mol. The Hall–Kier alpha value is -2.50. The molecule has 0 saturated carbocycles. The molecule has 152 valence electrons. The average Bonchev–Trinajstić information content (AvgIpc) is 2.48. The maximum Gasteiger partial charge on any atom is 0.573 e. The highest BCUT2D eigenvalue weighted by Crippen LogP contribution is 2.24. The molecule has 2 rings (SSSR count). The first-order valence-electron chi connectivity index (χ1n) is 7.43. The second-order valence-corrected chi connectivity index (χ2v) is 5.51. The zero-order valence-corrected chi connectivity index (χ0v) is 13.9. The molecule has 1 aromatic rings. The van der Waals surface area contributed by atoms with E-state index in [9.17, 15) is 31.1 Å². The van der Waals surface area contributed by atoms with E-state index in [4.69, 9.17) is 9.90 Å². The molecule has 2 N–H and O–H groups in total. The molecule has 6 nitrogen and oxygen atoms in total. The number of nitrogens with one attached hydrogen (secondary N) is 1. The second-order valence-electron chi connectivity index (χ2n) is 5.51. The molecule has 0 radical (unpaired) electrons. The minimum atomic E-state index is -5.08. The van der Waals surface area contributed by atoms with Gasteiger partial charge in [-0.1, -0.05) is 0 Å². The fourth-order valence-electron chi connectivity index (χ4n) is 2.14. The maximum absolute atomic E-state index is 12.0. The molecule has 0 spiro atoms. The summed E-state index contributed by atoms with van der Waals surface area (Å²) in [5.74, 6) is -2.81. The smallest absolute Gasteiger partial charge is 0.475 e. The van der Waals surface area contributed by atoms with Crippen LogP contribution in [-0.2, 0) is 4.79 Å². The van der Waals surface area contributed by atoms with Crippen LogP contribution in [0.5, 0.6) is 5.75 Å². The van der Waals surface area contributed by atoms with Crippen molar-refractivity contribution in [3.63, 3.8) is 0 Å². The number of rotatable bonds is 4. The molecule has 1 aromatic carbocycles. The summed E-state index contributed by atoms with van der Waals surface area (Å²) in [7, 11) is 1.85. The molecular formula is C15H16F6N2O4. The number of hydrogen-bond donors (Lipinski definition) is 2. The van der Waals surface area contributed by atoms with Crippen LogP contribution >= 0.6 is 0 Å². The van der Waals surface area contributed by atoms with Crippen molar-refractivity contribution in [2.24, 2.45) is 5.92 Å².